The van der Waals surface area contributed by atoms with Gasteiger partial charge in [-0.05, 0) is 28.1 Å². The number of aromatic nitrogens is 2. The molecule has 0 saturated heterocycles. The molecule has 0 bridgehead atoms. The third-order valence-electron chi connectivity index (χ3n) is 3.24. The number of rotatable bonds is 4. The van der Waals surface area contributed by atoms with Gasteiger partial charge in [-0.2, -0.15) is 0 Å². The van der Waals surface area contributed by atoms with Crippen LogP contribution >= 0.6 is 27.5 Å². The van der Waals surface area contributed by atoms with Crippen molar-refractivity contribution in [2.24, 2.45) is 0 Å². The highest BCUT2D eigenvalue weighted by Crippen LogP contribution is 2.38. The minimum Gasteiger partial charge on any atom is -0.616 e. The predicted octanol–water partition coefficient (Wildman–Crippen LogP) is 3.65. The van der Waals surface area contributed by atoms with Crippen LogP contribution in [0.4, 0.5) is 0 Å². The highest BCUT2D eigenvalue weighted by Gasteiger charge is 2.25. The Balaban J connectivity index is 2.24. The van der Waals surface area contributed by atoms with E-state index < -0.39 is 17.3 Å². The number of aromatic amines is 1. The summed E-state index contributed by atoms with van der Waals surface area (Å²) in [5.41, 5.74) is 1.93. The Bertz CT molecular complexity index is 804. The first kappa shape index (κ1) is 15.9. The van der Waals surface area contributed by atoms with E-state index in [2.05, 4.69) is 25.9 Å². The molecular weight excluding hydrogens is 392 g/mol. The van der Waals surface area contributed by atoms with E-state index in [1.807, 2.05) is 6.07 Å². The molecule has 5 nitrogen and oxygen atoms in total. The Kier molecular flexibility index (Phi) is 4.52. The van der Waals surface area contributed by atoms with E-state index in [9.17, 15) is 9.66 Å². The van der Waals surface area contributed by atoms with Crippen molar-refractivity contribution in [2.45, 2.75) is 6.10 Å². The maximum atomic E-state index is 11.4. The van der Waals surface area contributed by atoms with Crippen LogP contribution in [0, 0.1) is 0 Å². The van der Waals surface area contributed by atoms with Crippen LogP contribution in [-0.2, 0) is 11.2 Å². The van der Waals surface area contributed by atoms with Gasteiger partial charge in [0.2, 0.25) is 5.89 Å². The number of halogens is 2. The number of hydrogen-bond acceptors (Lipinski definition) is 4. The van der Waals surface area contributed by atoms with Crippen molar-refractivity contribution in [2.75, 3.05) is 12.0 Å². The van der Waals surface area contributed by atoms with Crippen LogP contribution in [0.25, 0.3) is 22.4 Å². The van der Waals surface area contributed by atoms with Gasteiger partial charge in [-0.25, -0.2) is 4.98 Å². The van der Waals surface area contributed by atoms with Gasteiger partial charge in [-0.3, -0.25) is 0 Å². The second-order valence-corrected chi connectivity index (χ2v) is 7.56. The molecule has 1 aromatic carbocycles. The number of aliphatic hydroxyl groups excluding tert-OH is 1. The topological polar surface area (TPSA) is 85.1 Å². The SMILES string of the molecule is C[S+]([O-])CC(O)c1[nH]c2cc(Br)c(Cl)cc2c1-c1ncco1. The van der Waals surface area contributed by atoms with E-state index in [0.29, 0.717) is 22.2 Å². The van der Waals surface area contributed by atoms with Crippen LogP contribution < -0.4 is 0 Å². The molecule has 3 rings (SSSR count). The molecular formula is C14H12BrClN2O3S. The molecule has 0 spiro atoms. The first-order chi connectivity index (χ1) is 10.5. The zero-order valence-electron chi connectivity index (χ0n) is 11.5. The lowest BCUT2D eigenvalue weighted by Crippen LogP contribution is -2.13. The Hall–Kier alpha value is -0.990. The molecule has 22 heavy (non-hydrogen) atoms. The van der Waals surface area contributed by atoms with Crippen LogP contribution in [0.15, 0.2) is 33.5 Å². The van der Waals surface area contributed by atoms with Gasteiger partial charge < -0.3 is 19.1 Å². The van der Waals surface area contributed by atoms with E-state index in [0.717, 1.165) is 15.4 Å². The molecule has 116 valence electrons. The third-order valence-corrected chi connectivity index (χ3v) is 5.22. The summed E-state index contributed by atoms with van der Waals surface area (Å²) in [7, 11) is 0. The van der Waals surface area contributed by atoms with Crippen LogP contribution in [0.1, 0.15) is 11.8 Å². The van der Waals surface area contributed by atoms with E-state index in [1.54, 1.807) is 12.3 Å². The third kappa shape index (κ3) is 2.91. The van der Waals surface area contributed by atoms with Crippen LogP contribution in [-0.4, -0.2) is 31.6 Å². The number of aliphatic hydroxyl groups is 1. The van der Waals surface area contributed by atoms with Crippen molar-refractivity contribution in [3.63, 3.8) is 0 Å². The van der Waals surface area contributed by atoms with Crippen LogP contribution in [0.2, 0.25) is 5.02 Å². The Morgan fingerprint density at radius 2 is 2.32 bits per heavy atom. The number of fused-ring (bicyclic) bond motifs is 1. The number of H-pyrrole nitrogens is 1. The summed E-state index contributed by atoms with van der Waals surface area (Å²) in [5.74, 6) is 0.496. The van der Waals surface area contributed by atoms with Gasteiger partial charge in [0.1, 0.15) is 18.1 Å². The molecule has 2 atom stereocenters. The maximum absolute atomic E-state index is 11.4. The summed E-state index contributed by atoms with van der Waals surface area (Å²) in [6.07, 6.45) is 3.62. The van der Waals surface area contributed by atoms with Crippen molar-refractivity contribution >= 4 is 49.6 Å². The normalized spacial score (nSPS) is 14.4. The highest BCUT2D eigenvalue weighted by atomic mass is 79.9. The molecule has 0 radical (unpaired) electrons. The summed E-state index contributed by atoms with van der Waals surface area (Å²) in [4.78, 5) is 7.31. The molecule has 2 unspecified atom stereocenters. The average Bonchev–Trinajstić information content (AvgIpc) is 3.05. The summed E-state index contributed by atoms with van der Waals surface area (Å²) in [5, 5.41) is 11.7. The van der Waals surface area contributed by atoms with E-state index in [1.165, 1.54) is 12.5 Å². The molecule has 2 heterocycles. The average molecular weight is 404 g/mol. The number of hydrogen-bond donors (Lipinski definition) is 2. The van der Waals surface area contributed by atoms with E-state index in [-0.39, 0.29) is 5.75 Å². The van der Waals surface area contributed by atoms with Gasteiger partial charge in [0.05, 0.1) is 28.7 Å². The molecule has 2 aromatic heterocycles. The number of nitrogens with one attached hydrogen (secondary N) is 1. The number of nitrogens with zero attached hydrogens (tertiary/aromatic N) is 1. The molecule has 0 amide bonds. The molecule has 0 aliphatic carbocycles. The monoisotopic (exact) mass is 402 g/mol. The molecule has 0 aliphatic rings. The molecule has 0 aliphatic heterocycles. The van der Waals surface area contributed by atoms with Gasteiger partial charge in [-0.15, -0.1) is 0 Å². The lowest BCUT2D eigenvalue weighted by molar-refractivity contribution is 0.198. The lowest BCUT2D eigenvalue weighted by Gasteiger charge is -2.11. The van der Waals surface area contributed by atoms with Gasteiger partial charge in [0.15, 0.2) is 0 Å². The Morgan fingerprint density at radius 1 is 1.55 bits per heavy atom. The standard InChI is InChI=1S/C14H12BrClN2O3S/c1-22(20)6-11(19)13-12(14-17-2-3-21-14)7-4-9(16)8(15)5-10(7)18-13/h2-5,11,18-19H,6H2,1H3. The largest absolute Gasteiger partial charge is 0.616 e. The number of benzene rings is 1. The fourth-order valence-electron chi connectivity index (χ4n) is 2.34. The fraction of sp³-hybridized carbons (Fsp3) is 0.214. The lowest BCUT2D eigenvalue weighted by atomic mass is 10.1. The molecule has 8 heteroatoms. The van der Waals surface area contributed by atoms with Crippen molar-refractivity contribution in [3.05, 3.63) is 39.8 Å². The van der Waals surface area contributed by atoms with Crippen molar-refractivity contribution in [1.82, 2.24) is 9.97 Å². The van der Waals surface area contributed by atoms with Gasteiger partial charge in [0.25, 0.3) is 0 Å². The summed E-state index contributed by atoms with van der Waals surface area (Å²) in [6, 6.07) is 3.60. The molecule has 3 aromatic rings. The Morgan fingerprint density at radius 3 is 2.95 bits per heavy atom. The second-order valence-electron chi connectivity index (χ2n) is 4.82. The first-order valence-corrected chi connectivity index (χ1v) is 9.25. The van der Waals surface area contributed by atoms with E-state index in [4.69, 9.17) is 16.0 Å². The second kappa shape index (κ2) is 6.25. The van der Waals surface area contributed by atoms with Crippen LogP contribution in [0.5, 0.6) is 0 Å². The van der Waals surface area contributed by atoms with Gasteiger partial charge in [0, 0.05) is 15.4 Å². The highest BCUT2D eigenvalue weighted by molar-refractivity contribution is 9.10. The van der Waals surface area contributed by atoms with Crippen molar-refractivity contribution in [3.8, 4) is 11.5 Å². The number of oxazole rings is 1. The smallest absolute Gasteiger partial charge is 0.228 e. The minimum absolute atomic E-state index is 0.120. The van der Waals surface area contributed by atoms with Gasteiger partial charge in [-0.1, -0.05) is 22.8 Å². The van der Waals surface area contributed by atoms with Crippen molar-refractivity contribution < 1.29 is 14.1 Å². The van der Waals surface area contributed by atoms with Crippen LogP contribution in [0.3, 0.4) is 0 Å². The maximum Gasteiger partial charge on any atom is 0.228 e. The predicted molar refractivity (Wildman–Crippen MR) is 90.4 cm³/mol. The fourth-order valence-corrected chi connectivity index (χ4v) is 3.46. The molecule has 2 N–H and O–H groups in total. The zero-order valence-corrected chi connectivity index (χ0v) is 14.6. The summed E-state index contributed by atoms with van der Waals surface area (Å²) >= 11 is 8.41. The minimum atomic E-state index is -1.14. The summed E-state index contributed by atoms with van der Waals surface area (Å²) in [6.45, 7) is 0. The first-order valence-electron chi connectivity index (χ1n) is 6.36. The quantitative estimate of drug-likeness (QED) is 0.651. The Labute approximate surface area is 143 Å². The van der Waals surface area contributed by atoms with Gasteiger partial charge >= 0.3 is 0 Å². The molecule has 0 fully saturated rings. The molecule has 0 saturated carbocycles. The summed E-state index contributed by atoms with van der Waals surface area (Å²) < 4.78 is 17.5. The van der Waals surface area contributed by atoms with Crippen molar-refractivity contribution in [1.29, 1.82) is 0 Å². The zero-order chi connectivity index (χ0) is 15.9. The van der Waals surface area contributed by atoms with E-state index >= 15 is 0 Å².